The number of nitrogens with one attached hydrogen (secondary N) is 1. The van der Waals surface area contributed by atoms with Crippen molar-refractivity contribution in [1.29, 1.82) is 0 Å². The minimum Gasteiger partial charge on any atom is -0.481 e. The fourth-order valence-corrected chi connectivity index (χ4v) is 2.37. The minimum absolute atomic E-state index is 0.0956. The van der Waals surface area contributed by atoms with Crippen LogP contribution in [0, 0.1) is 5.92 Å². The van der Waals surface area contributed by atoms with Gasteiger partial charge in [-0.3, -0.25) is 9.59 Å². The molecule has 0 aliphatic heterocycles. The SMILES string of the molecule is CCC(CC)(C(=O)NCC(C)C(=O)O)c1ccccc1. The van der Waals surface area contributed by atoms with Crippen molar-refractivity contribution in [2.24, 2.45) is 5.92 Å². The molecule has 0 bridgehead atoms. The highest BCUT2D eigenvalue weighted by molar-refractivity contribution is 5.88. The second-order valence-electron chi connectivity index (χ2n) is 5.10. The monoisotopic (exact) mass is 277 g/mol. The topological polar surface area (TPSA) is 66.4 Å². The van der Waals surface area contributed by atoms with Gasteiger partial charge in [0.25, 0.3) is 0 Å². The van der Waals surface area contributed by atoms with Crippen molar-refractivity contribution in [3.05, 3.63) is 35.9 Å². The van der Waals surface area contributed by atoms with Gasteiger partial charge in [0.05, 0.1) is 11.3 Å². The van der Waals surface area contributed by atoms with Crippen molar-refractivity contribution < 1.29 is 14.7 Å². The number of hydrogen-bond acceptors (Lipinski definition) is 2. The van der Waals surface area contributed by atoms with Gasteiger partial charge in [-0.1, -0.05) is 51.1 Å². The van der Waals surface area contributed by atoms with E-state index in [1.807, 2.05) is 44.2 Å². The maximum atomic E-state index is 12.6. The van der Waals surface area contributed by atoms with Crippen LogP contribution in [-0.2, 0) is 15.0 Å². The molecular weight excluding hydrogens is 254 g/mol. The summed E-state index contributed by atoms with van der Waals surface area (Å²) in [6.07, 6.45) is 1.36. The van der Waals surface area contributed by atoms with Crippen LogP contribution in [0.4, 0.5) is 0 Å². The average Bonchev–Trinajstić information content (AvgIpc) is 2.47. The summed E-state index contributed by atoms with van der Waals surface area (Å²) in [5, 5.41) is 11.7. The zero-order valence-electron chi connectivity index (χ0n) is 12.3. The Labute approximate surface area is 120 Å². The first-order valence-electron chi connectivity index (χ1n) is 7.04. The summed E-state index contributed by atoms with van der Waals surface area (Å²) in [4.78, 5) is 23.4. The minimum atomic E-state index is -0.899. The molecule has 0 aliphatic rings. The van der Waals surface area contributed by atoms with Crippen LogP contribution in [0.25, 0.3) is 0 Å². The van der Waals surface area contributed by atoms with E-state index in [9.17, 15) is 9.59 Å². The third-order valence-corrected chi connectivity index (χ3v) is 3.96. The third kappa shape index (κ3) is 3.38. The molecule has 0 radical (unpaired) electrons. The number of benzene rings is 1. The first kappa shape index (κ1) is 16.2. The Balaban J connectivity index is 2.91. The van der Waals surface area contributed by atoms with E-state index >= 15 is 0 Å². The number of carboxylic acid groups (broad SMARTS) is 1. The lowest BCUT2D eigenvalue weighted by molar-refractivity contribution is -0.141. The van der Waals surface area contributed by atoms with Crippen LogP contribution in [0.2, 0.25) is 0 Å². The molecule has 4 nitrogen and oxygen atoms in total. The molecule has 1 amide bonds. The van der Waals surface area contributed by atoms with Crippen molar-refractivity contribution in [2.45, 2.75) is 39.0 Å². The summed E-state index contributed by atoms with van der Waals surface area (Å²) in [7, 11) is 0. The van der Waals surface area contributed by atoms with Crippen molar-refractivity contribution in [2.75, 3.05) is 6.54 Å². The first-order chi connectivity index (χ1) is 9.47. The van der Waals surface area contributed by atoms with Crippen LogP contribution in [0.3, 0.4) is 0 Å². The van der Waals surface area contributed by atoms with E-state index in [2.05, 4.69) is 5.32 Å². The molecule has 110 valence electrons. The molecule has 1 aromatic rings. The van der Waals surface area contributed by atoms with Crippen molar-refractivity contribution in [3.63, 3.8) is 0 Å². The van der Waals surface area contributed by atoms with Crippen LogP contribution >= 0.6 is 0 Å². The Morgan fingerprint density at radius 3 is 2.20 bits per heavy atom. The Hall–Kier alpha value is -1.84. The number of hydrogen-bond donors (Lipinski definition) is 2. The molecule has 1 atom stereocenters. The predicted octanol–water partition coefficient (Wildman–Crippen LogP) is 2.58. The van der Waals surface area contributed by atoms with E-state index in [0.717, 1.165) is 5.56 Å². The van der Waals surface area contributed by atoms with Gasteiger partial charge in [0, 0.05) is 6.54 Å². The first-order valence-corrected chi connectivity index (χ1v) is 7.04. The molecule has 0 aromatic heterocycles. The van der Waals surface area contributed by atoms with Crippen LogP contribution in [0.1, 0.15) is 39.2 Å². The quantitative estimate of drug-likeness (QED) is 0.805. The van der Waals surface area contributed by atoms with Crippen LogP contribution < -0.4 is 5.32 Å². The van der Waals surface area contributed by atoms with Gasteiger partial charge in [0.2, 0.25) is 5.91 Å². The molecule has 0 saturated carbocycles. The van der Waals surface area contributed by atoms with Crippen molar-refractivity contribution in [3.8, 4) is 0 Å². The van der Waals surface area contributed by atoms with Gasteiger partial charge in [-0.15, -0.1) is 0 Å². The molecule has 0 heterocycles. The second kappa shape index (κ2) is 7.08. The smallest absolute Gasteiger partial charge is 0.308 e. The molecule has 0 fully saturated rings. The molecule has 20 heavy (non-hydrogen) atoms. The fourth-order valence-electron chi connectivity index (χ4n) is 2.37. The average molecular weight is 277 g/mol. The number of carbonyl (C=O) groups is 2. The van der Waals surface area contributed by atoms with E-state index in [1.165, 1.54) is 0 Å². The summed E-state index contributed by atoms with van der Waals surface area (Å²) >= 11 is 0. The standard InChI is InChI=1S/C16H23NO3/c1-4-16(5-2,13-9-7-6-8-10-13)15(20)17-11-12(3)14(18)19/h6-10,12H,4-5,11H2,1-3H3,(H,17,20)(H,18,19). The maximum absolute atomic E-state index is 12.6. The number of carboxylic acids is 1. The van der Waals surface area contributed by atoms with Gasteiger partial charge >= 0.3 is 5.97 Å². The lowest BCUT2D eigenvalue weighted by atomic mass is 9.75. The normalized spacial score (nSPS) is 12.8. The highest BCUT2D eigenvalue weighted by atomic mass is 16.4. The van der Waals surface area contributed by atoms with Gasteiger partial charge < -0.3 is 10.4 Å². The summed E-state index contributed by atoms with van der Waals surface area (Å²) < 4.78 is 0. The molecular formula is C16H23NO3. The zero-order chi connectivity index (χ0) is 15.2. The number of aliphatic carboxylic acids is 1. The van der Waals surface area contributed by atoms with E-state index in [1.54, 1.807) is 6.92 Å². The Kier molecular flexibility index (Phi) is 5.74. The van der Waals surface area contributed by atoms with E-state index in [4.69, 9.17) is 5.11 Å². The van der Waals surface area contributed by atoms with Crippen LogP contribution in [0.15, 0.2) is 30.3 Å². The lowest BCUT2D eigenvalue weighted by Crippen LogP contribution is -2.45. The molecule has 1 unspecified atom stereocenters. The largest absolute Gasteiger partial charge is 0.481 e. The molecule has 2 N–H and O–H groups in total. The lowest BCUT2D eigenvalue weighted by Gasteiger charge is -2.31. The molecule has 1 rings (SSSR count). The van der Waals surface area contributed by atoms with E-state index in [-0.39, 0.29) is 12.5 Å². The molecule has 0 spiro atoms. The number of carbonyl (C=O) groups excluding carboxylic acids is 1. The molecule has 0 aliphatic carbocycles. The summed E-state index contributed by atoms with van der Waals surface area (Å²) in [6, 6.07) is 9.66. The summed E-state index contributed by atoms with van der Waals surface area (Å²) in [5.74, 6) is -1.58. The van der Waals surface area contributed by atoms with Crippen LogP contribution in [0.5, 0.6) is 0 Å². The molecule has 1 aromatic carbocycles. The van der Waals surface area contributed by atoms with Gasteiger partial charge in [-0.2, -0.15) is 0 Å². The number of rotatable bonds is 7. The zero-order valence-corrected chi connectivity index (χ0v) is 12.3. The molecule has 4 heteroatoms. The highest BCUT2D eigenvalue weighted by Gasteiger charge is 2.36. The van der Waals surface area contributed by atoms with E-state index in [0.29, 0.717) is 12.8 Å². The second-order valence-corrected chi connectivity index (χ2v) is 5.10. The van der Waals surface area contributed by atoms with Gasteiger partial charge in [0.1, 0.15) is 0 Å². The highest BCUT2D eigenvalue weighted by Crippen LogP contribution is 2.31. The van der Waals surface area contributed by atoms with Gasteiger partial charge in [-0.25, -0.2) is 0 Å². The Morgan fingerprint density at radius 1 is 1.20 bits per heavy atom. The Morgan fingerprint density at radius 2 is 1.75 bits per heavy atom. The van der Waals surface area contributed by atoms with Gasteiger partial charge in [0.15, 0.2) is 0 Å². The number of amides is 1. The third-order valence-electron chi connectivity index (χ3n) is 3.96. The maximum Gasteiger partial charge on any atom is 0.308 e. The van der Waals surface area contributed by atoms with Crippen molar-refractivity contribution in [1.82, 2.24) is 5.32 Å². The van der Waals surface area contributed by atoms with Crippen LogP contribution in [-0.4, -0.2) is 23.5 Å². The van der Waals surface area contributed by atoms with Gasteiger partial charge in [-0.05, 0) is 18.4 Å². The summed E-state index contributed by atoms with van der Waals surface area (Å²) in [5.41, 5.74) is 0.393. The Bertz CT molecular complexity index is 452. The fraction of sp³-hybridized carbons (Fsp3) is 0.500. The molecule has 0 saturated heterocycles. The van der Waals surface area contributed by atoms with E-state index < -0.39 is 17.3 Å². The summed E-state index contributed by atoms with van der Waals surface area (Å²) in [6.45, 7) is 5.71. The van der Waals surface area contributed by atoms with Crippen molar-refractivity contribution >= 4 is 11.9 Å². The predicted molar refractivity (Wildman–Crippen MR) is 78.5 cm³/mol.